The smallest absolute Gasteiger partial charge is 0.250 e. The van der Waals surface area contributed by atoms with Crippen LogP contribution in [0.1, 0.15) is 37.1 Å². The average Bonchev–Trinajstić information content (AvgIpc) is 2.88. The first-order chi connectivity index (χ1) is 9.80. The maximum Gasteiger partial charge on any atom is 0.250 e. The van der Waals surface area contributed by atoms with E-state index in [1.54, 1.807) is 13.1 Å². The molecule has 4 nitrogen and oxygen atoms in total. The Morgan fingerprint density at radius 2 is 1.95 bits per heavy atom. The number of halogens is 2. The zero-order valence-corrected chi connectivity index (χ0v) is 15.8. The van der Waals surface area contributed by atoms with E-state index in [4.69, 9.17) is 5.73 Å². The summed E-state index contributed by atoms with van der Waals surface area (Å²) in [5.74, 6) is 0.123. The number of carbonyl (C=O) groups excluding carboxylic acids is 1. The highest BCUT2D eigenvalue weighted by atomic mass is 79.9. The molecular formula is C15H19BrClN3OS. The van der Waals surface area contributed by atoms with Crippen LogP contribution in [0.3, 0.4) is 0 Å². The summed E-state index contributed by atoms with van der Waals surface area (Å²) >= 11 is 4.85. The number of hydrogen-bond donors (Lipinski definition) is 2. The van der Waals surface area contributed by atoms with Crippen LogP contribution in [0.15, 0.2) is 34.9 Å². The lowest BCUT2D eigenvalue weighted by atomic mass is 9.92. The number of benzene rings is 1. The van der Waals surface area contributed by atoms with Crippen molar-refractivity contribution in [1.29, 1.82) is 0 Å². The third-order valence-electron chi connectivity index (χ3n) is 3.23. The first-order valence-corrected chi connectivity index (χ1v) is 8.23. The van der Waals surface area contributed by atoms with Gasteiger partial charge in [-0.1, -0.05) is 41.9 Å². The monoisotopic (exact) mass is 403 g/mol. The van der Waals surface area contributed by atoms with Gasteiger partial charge in [0.15, 0.2) is 5.13 Å². The van der Waals surface area contributed by atoms with Crippen LogP contribution >= 0.6 is 39.7 Å². The van der Waals surface area contributed by atoms with E-state index in [0.717, 1.165) is 14.9 Å². The van der Waals surface area contributed by atoms with Gasteiger partial charge in [0.2, 0.25) is 0 Å². The fourth-order valence-electron chi connectivity index (χ4n) is 1.77. The quantitative estimate of drug-likeness (QED) is 0.800. The van der Waals surface area contributed by atoms with Crippen molar-refractivity contribution in [3.05, 3.63) is 45.4 Å². The maximum atomic E-state index is 12.4. The van der Waals surface area contributed by atoms with Crippen molar-refractivity contribution in [2.75, 3.05) is 5.32 Å². The molecular weight excluding hydrogens is 386 g/mol. The lowest BCUT2D eigenvalue weighted by Gasteiger charge is -2.23. The first-order valence-electron chi connectivity index (χ1n) is 6.63. The summed E-state index contributed by atoms with van der Waals surface area (Å²) in [5, 5.41) is 3.38. The van der Waals surface area contributed by atoms with Crippen LogP contribution in [-0.4, -0.2) is 10.9 Å². The van der Waals surface area contributed by atoms with Gasteiger partial charge in [-0.15, -0.1) is 23.7 Å². The number of hydrogen-bond acceptors (Lipinski definition) is 4. The molecule has 1 amide bonds. The first kappa shape index (κ1) is 19.1. The molecule has 1 heterocycles. The van der Waals surface area contributed by atoms with Crippen molar-refractivity contribution in [1.82, 2.24) is 4.98 Å². The molecule has 0 bridgehead atoms. The Morgan fingerprint density at radius 1 is 1.36 bits per heavy atom. The molecule has 120 valence electrons. The van der Waals surface area contributed by atoms with Crippen LogP contribution in [0, 0.1) is 0 Å². The summed E-state index contributed by atoms with van der Waals surface area (Å²) in [7, 11) is 0. The van der Waals surface area contributed by atoms with Gasteiger partial charge in [0.25, 0.3) is 5.91 Å². The SMILES string of the molecule is CC(C)c1cnc(NC(=O)C(C)(N)c2ccc(Br)cc2)s1.Cl. The van der Waals surface area contributed by atoms with Crippen LogP contribution in [-0.2, 0) is 10.3 Å². The zero-order chi connectivity index (χ0) is 15.6. The largest absolute Gasteiger partial charge is 0.314 e. The molecule has 1 aromatic heterocycles. The van der Waals surface area contributed by atoms with Crippen LogP contribution in [0.2, 0.25) is 0 Å². The molecule has 1 unspecified atom stereocenters. The van der Waals surface area contributed by atoms with Crippen molar-refractivity contribution in [3.63, 3.8) is 0 Å². The molecule has 2 aromatic rings. The number of nitrogens with zero attached hydrogens (tertiary/aromatic N) is 1. The minimum atomic E-state index is -1.11. The van der Waals surface area contributed by atoms with E-state index in [-0.39, 0.29) is 18.3 Å². The van der Waals surface area contributed by atoms with Crippen molar-refractivity contribution in [3.8, 4) is 0 Å². The van der Waals surface area contributed by atoms with Gasteiger partial charge in [0.05, 0.1) is 0 Å². The van der Waals surface area contributed by atoms with Crippen molar-refractivity contribution in [2.24, 2.45) is 5.73 Å². The number of anilines is 1. The zero-order valence-electron chi connectivity index (χ0n) is 12.6. The van der Waals surface area contributed by atoms with Gasteiger partial charge in [-0.2, -0.15) is 0 Å². The fraction of sp³-hybridized carbons (Fsp3) is 0.333. The second-order valence-electron chi connectivity index (χ2n) is 5.39. The predicted molar refractivity (Wildman–Crippen MR) is 97.8 cm³/mol. The van der Waals surface area contributed by atoms with E-state index in [9.17, 15) is 4.79 Å². The van der Waals surface area contributed by atoms with Gasteiger partial charge in [-0.3, -0.25) is 4.79 Å². The summed E-state index contributed by atoms with van der Waals surface area (Å²) in [4.78, 5) is 17.8. The highest BCUT2D eigenvalue weighted by molar-refractivity contribution is 9.10. The summed E-state index contributed by atoms with van der Waals surface area (Å²) < 4.78 is 0.948. The molecule has 0 radical (unpaired) electrons. The number of rotatable bonds is 4. The van der Waals surface area contributed by atoms with Gasteiger partial charge in [0, 0.05) is 15.5 Å². The molecule has 0 aliphatic carbocycles. The van der Waals surface area contributed by atoms with E-state index >= 15 is 0 Å². The standard InChI is InChI=1S/C15H18BrN3OS.ClH/c1-9(2)12-8-18-14(21-12)19-13(20)15(3,17)10-4-6-11(16)7-5-10;/h4-9H,17H2,1-3H3,(H,18,19,20);1H. The van der Waals surface area contributed by atoms with Crippen LogP contribution in [0.4, 0.5) is 5.13 Å². The Kier molecular flexibility index (Phi) is 6.55. The summed E-state index contributed by atoms with van der Waals surface area (Å²) in [6.45, 7) is 5.88. The molecule has 2 rings (SSSR count). The molecule has 0 saturated heterocycles. The Labute approximate surface area is 149 Å². The average molecular weight is 405 g/mol. The van der Waals surface area contributed by atoms with E-state index < -0.39 is 5.54 Å². The number of aromatic nitrogens is 1. The predicted octanol–water partition coefficient (Wildman–Crippen LogP) is 4.26. The minimum absolute atomic E-state index is 0. The van der Waals surface area contributed by atoms with E-state index in [1.165, 1.54) is 11.3 Å². The molecule has 0 spiro atoms. The number of nitrogens with two attached hydrogens (primary N) is 1. The van der Waals surface area contributed by atoms with Gasteiger partial charge in [0.1, 0.15) is 5.54 Å². The van der Waals surface area contributed by atoms with E-state index in [0.29, 0.717) is 11.0 Å². The number of thiazole rings is 1. The molecule has 0 aliphatic heterocycles. The Balaban J connectivity index is 0.00000242. The lowest BCUT2D eigenvalue weighted by molar-refractivity contribution is -0.120. The molecule has 7 heteroatoms. The second-order valence-corrected chi connectivity index (χ2v) is 7.36. The third-order valence-corrected chi connectivity index (χ3v) is 4.97. The van der Waals surface area contributed by atoms with E-state index in [1.807, 2.05) is 24.3 Å². The van der Waals surface area contributed by atoms with Gasteiger partial charge >= 0.3 is 0 Å². The molecule has 0 aliphatic rings. The Bertz CT molecular complexity index is 640. The fourth-order valence-corrected chi connectivity index (χ4v) is 2.84. The molecule has 1 aromatic carbocycles. The topological polar surface area (TPSA) is 68.0 Å². The summed E-state index contributed by atoms with van der Waals surface area (Å²) in [5.41, 5.74) is 5.84. The second kappa shape index (κ2) is 7.55. The molecule has 22 heavy (non-hydrogen) atoms. The maximum absolute atomic E-state index is 12.4. The third kappa shape index (κ3) is 4.29. The van der Waals surface area contributed by atoms with Gasteiger partial charge in [-0.05, 0) is 30.5 Å². The van der Waals surface area contributed by atoms with Crippen LogP contribution < -0.4 is 11.1 Å². The van der Waals surface area contributed by atoms with E-state index in [2.05, 4.69) is 40.1 Å². The number of carbonyl (C=O) groups is 1. The summed E-state index contributed by atoms with van der Waals surface area (Å²) in [6.07, 6.45) is 1.79. The minimum Gasteiger partial charge on any atom is -0.314 e. The molecule has 3 N–H and O–H groups in total. The van der Waals surface area contributed by atoms with Crippen LogP contribution in [0.5, 0.6) is 0 Å². The summed E-state index contributed by atoms with van der Waals surface area (Å²) in [6, 6.07) is 7.41. The molecule has 1 atom stereocenters. The molecule has 0 fully saturated rings. The normalized spacial score (nSPS) is 13.4. The Morgan fingerprint density at radius 3 is 2.45 bits per heavy atom. The molecule has 0 saturated carbocycles. The lowest BCUT2D eigenvalue weighted by Crippen LogP contribution is -2.45. The van der Waals surface area contributed by atoms with Crippen LogP contribution in [0.25, 0.3) is 0 Å². The number of amides is 1. The van der Waals surface area contributed by atoms with Gasteiger partial charge < -0.3 is 11.1 Å². The highest BCUT2D eigenvalue weighted by Gasteiger charge is 2.31. The van der Waals surface area contributed by atoms with Gasteiger partial charge in [-0.25, -0.2) is 4.98 Å². The Hall–Kier alpha value is -0.950. The highest BCUT2D eigenvalue weighted by Crippen LogP contribution is 2.27. The van der Waals surface area contributed by atoms with Crippen molar-refractivity contribution in [2.45, 2.75) is 32.2 Å². The number of nitrogens with one attached hydrogen (secondary N) is 1. The van der Waals surface area contributed by atoms with Crippen molar-refractivity contribution < 1.29 is 4.79 Å². The van der Waals surface area contributed by atoms with Crippen molar-refractivity contribution >= 4 is 50.7 Å².